The Morgan fingerprint density at radius 3 is 3.00 bits per heavy atom. The minimum Gasteiger partial charge on any atom is -0.366 e. The van der Waals surface area contributed by atoms with E-state index in [1.165, 1.54) is 0 Å². The lowest BCUT2D eigenvalue weighted by molar-refractivity contribution is 0.434. The second-order valence-electron chi connectivity index (χ2n) is 4.44. The van der Waals surface area contributed by atoms with E-state index in [1.807, 2.05) is 16.8 Å². The minimum absolute atomic E-state index is 0.326. The van der Waals surface area contributed by atoms with Crippen LogP contribution in [0.1, 0.15) is 23.7 Å². The molecule has 1 unspecified atom stereocenters. The van der Waals surface area contributed by atoms with Crippen molar-refractivity contribution in [1.29, 1.82) is 0 Å². The third-order valence-corrected chi connectivity index (χ3v) is 4.14. The molecule has 0 saturated carbocycles. The van der Waals surface area contributed by atoms with Crippen LogP contribution >= 0.6 is 23.2 Å². The summed E-state index contributed by atoms with van der Waals surface area (Å²) in [5.74, 6) is 1.58. The number of aromatic nitrogens is 3. The molecular formula is C12H12Cl2N4. The Morgan fingerprint density at radius 1 is 1.33 bits per heavy atom. The standard InChI is InChI=1S/C12H12Cl2N4/c13-9-3-1-2-8(11(9)14)7-4-5-18-10(6-7)16-12(15)17-18/h1-3,7H,4-6H2,(H2,15,17). The third kappa shape index (κ3) is 1.95. The Balaban J connectivity index is 1.94. The highest BCUT2D eigenvalue weighted by Crippen LogP contribution is 2.36. The number of fused-ring (bicyclic) bond motifs is 1. The molecule has 94 valence electrons. The summed E-state index contributed by atoms with van der Waals surface area (Å²) in [6.45, 7) is 0.813. The molecule has 0 aliphatic carbocycles. The molecule has 0 radical (unpaired) electrons. The van der Waals surface area contributed by atoms with Crippen molar-refractivity contribution in [3.8, 4) is 0 Å². The van der Waals surface area contributed by atoms with Crippen LogP contribution in [-0.2, 0) is 13.0 Å². The van der Waals surface area contributed by atoms with Gasteiger partial charge in [-0.1, -0.05) is 35.3 Å². The normalized spacial score (nSPS) is 18.7. The average Bonchev–Trinajstić information content (AvgIpc) is 2.71. The smallest absolute Gasteiger partial charge is 0.239 e. The lowest BCUT2D eigenvalue weighted by Gasteiger charge is -2.23. The molecule has 1 aromatic carbocycles. The van der Waals surface area contributed by atoms with Gasteiger partial charge in [0.1, 0.15) is 5.82 Å². The summed E-state index contributed by atoms with van der Waals surface area (Å²) in [7, 11) is 0. The number of nitrogen functional groups attached to an aromatic ring is 1. The Labute approximate surface area is 115 Å². The zero-order chi connectivity index (χ0) is 12.7. The van der Waals surface area contributed by atoms with Crippen LogP contribution in [0.5, 0.6) is 0 Å². The molecule has 1 aromatic heterocycles. The maximum absolute atomic E-state index is 6.26. The quantitative estimate of drug-likeness (QED) is 0.875. The van der Waals surface area contributed by atoms with E-state index in [0.29, 0.717) is 21.9 Å². The van der Waals surface area contributed by atoms with E-state index in [2.05, 4.69) is 10.1 Å². The number of rotatable bonds is 1. The second-order valence-corrected chi connectivity index (χ2v) is 5.23. The highest BCUT2D eigenvalue weighted by molar-refractivity contribution is 6.42. The van der Waals surface area contributed by atoms with Crippen molar-refractivity contribution < 1.29 is 0 Å². The fourth-order valence-corrected chi connectivity index (χ4v) is 2.89. The zero-order valence-electron chi connectivity index (χ0n) is 9.61. The highest BCUT2D eigenvalue weighted by Gasteiger charge is 2.24. The lowest BCUT2D eigenvalue weighted by Crippen LogP contribution is -2.19. The molecular weight excluding hydrogens is 271 g/mol. The fraction of sp³-hybridized carbons (Fsp3) is 0.333. The summed E-state index contributed by atoms with van der Waals surface area (Å²) >= 11 is 12.3. The number of anilines is 1. The van der Waals surface area contributed by atoms with Crippen LogP contribution in [0.3, 0.4) is 0 Å². The topological polar surface area (TPSA) is 56.7 Å². The molecule has 0 amide bonds. The van der Waals surface area contributed by atoms with Crippen molar-refractivity contribution in [1.82, 2.24) is 14.8 Å². The van der Waals surface area contributed by atoms with Gasteiger partial charge in [0.25, 0.3) is 0 Å². The SMILES string of the molecule is Nc1nc2n(n1)CCC(c1cccc(Cl)c1Cl)C2. The van der Waals surface area contributed by atoms with Crippen LogP contribution < -0.4 is 5.73 Å². The van der Waals surface area contributed by atoms with Crippen molar-refractivity contribution >= 4 is 29.2 Å². The van der Waals surface area contributed by atoms with E-state index < -0.39 is 0 Å². The molecule has 0 bridgehead atoms. The van der Waals surface area contributed by atoms with Gasteiger partial charge in [-0.25, -0.2) is 4.68 Å². The van der Waals surface area contributed by atoms with Crippen LogP contribution in [-0.4, -0.2) is 14.8 Å². The maximum atomic E-state index is 6.26. The van der Waals surface area contributed by atoms with Crippen molar-refractivity contribution in [3.05, 3.63) is 39.6 Å². The van der Waals surface area contributed by atoms with Crippen LogP contribution in [0, 0.1) is 0 Å². The first-order valence-electron chi connectivity index (χ1n) is 5.78. The van der Waals surface area contributed by atoms with Gasteiger partial charge >= 0.3 is 0 Å². The van der Waals surface area contributed by atoms with Crippen LogP contribution in [0.4, 0.5) is 5.95 Å². The van der Waals surface area contributed by atoms with Gasteiger partial charge in [0, 0.05) is 13.0 Å². The molecule has 0 saturated heterocycles. The van der Waals surface area contributed by atoms with Crippen molar-refractivity contribution in [2.24, 2.45) is 0 Å². The number of hydrogen-bond acceptors (Lipinski definition) is 3. The maximum Gasteiger partial charge on any atom is 0.239 e. The molecule has 18 heavy (non-hydrogen) atoms. The van der Waals surface area contributed by atoms with Gasteiger partial charge in [0.2, 0.25) is 5.95 Å². The summed E-state index contributed by atoms with van der Waals surface area (Å²) in [6.07, 6.45) is 1.76. The number of hydrogen-bond donors (Lipinski definition) is 1. The van der Waals surface area contributed by atoms with Gasteiger partial charge in [-0.15, -0.1) is 5.10 Å². The number of aryl methyl sites for hydroxylation is 1. The minimum atomic E-state index is 0.326. The largest absolute Gasteiger partial charge is 0.366 e. The molecule has 2 heterocycles. The van der Waals surface area contributed by atoms with Crippen molar-refractivity contribution in [2.75, 3.05) is 5.73 Å². The van der Waals surface area contributed by atoms with Gasteiger partial charge in [-0.05, 0) is 24.0 Å². The van der Waals surface area contributed by atoms with E-state index in [4.69, 9.17) is 28.9 Å². The summed E-state index contributed by atoms with van der Waals surface area (Å²) in [5, 5.41) is 5.39. The van der Waals surface area contributed by atoms with E-state index in [9.17, 15) is 0 Å². The first kappa shape index (κ1) is 11.8. The van der Waals surface area contributed by atoms with E-state index >= 15 is 0 Å². The summed E-state index contributed by atoms with van der Waals surface area (Å²) in [6, 6.07) is 5.75. The number of nitrogens with two attached hydrogens (primary N) is 1. The van der Waals surface area contributed by atoms with Gasteiger partial charge in [0.15, 0.2) is 0 Å². The molecule has 6 heteroatoms. The van der Waals surface area contributed by atoms with Crippen LogP contribution in [0.25, 0.3) is 0 Å². The first-order chi connectivity index (χ1) is 8.65. The van der Waals surface area contributed by atoms with E-state index in [1.54, 1.807) is 6.07 Å². The third-order valence-electron chi connectivity index (χ3n) is 3.30. The zero-order valence-corrected chi connectivity index (χ0v) is 11.1. The number of benzene rings is 1. The molecule has 1 aliphatic rings. The Morgan fingerprint density at radius 2 is 2.17 bits per heavy atom. The van der Waals surface area contributed by atoms with E-state index in [-0.39, 0.29) is 0 Å². The van der Waals surface area contributed by atoms with Crippen LogP contribution in [0.15, 0.2) is 18.2 Å². The molecule has 0 fully saturated rings. The lowest BCUT2D eigenvalue weighted by atomic mass is 9.90. The predicted octanol–water partition coefficient (Wildman–Crippen LogP) is 2.90. The molecule has 0 spiro atoms. The summed E-state index contributed by atoms with van der Waals surface area (Å²) in [4.78, 5) is 4.23. The van der Waals surface area contributed by atoms with Gasteiger partial charge in [0.05, 0.1) is 10.0 Å². The molecule has 2 aromatic rings. The second kappa shape index (κ2) is 4.44. The number of halogens is 2. The van der Waals surface area contributed by atoms with Crippen molar-refractivity contribution in [2.45, 2.75) is 25.3 Å². The highest BCUT2D eigenvalue weighted by atomic mass is 35.5. The molecule has 4 nitrogen and oxygen atoms in total. The Hall–Kier alpha value is -1.26. The fourth-order valence-electron chi connectivity index (χ4n) is 2.43. The molecule has 3 rings (SSSR count). The molecule has 2 N–H and O–H groups in total. The van der Waals surface area contributed by atoms with Crippen molar-refractivity contribution in [3.63, 3.8) is 0 Å². The summed E-state index contributed by atoms with van der Waals surface area (Å²) in [5.41, 5.74) is 6.69. The van der Waals surface area contributed by atoms with E-state index in [0.717, 1.165) is 30.8 Å². The molecule has 1 atom stereocenters. The molecule has 1 aliphatic heterocycles. The monoisotopic (exact) mass is 282 g/mol. The van der Waals surface area contributed by atoms with Gasteiger partial charge in [-0.3, -0.25) is 0 Å². The first-order valence-corrected chi connectivity index (χ1v) is 6.54. The predicted molar refractivity (Wildman–Crippen MR) is 72.0 cm³/mol. The average molecular weight is 283 g/mol. The van der Waals surface area contributed by atoms with Gasteiger partial charge in [-0.2, -0.15) is 4.98 Å². The number of nitrogens with zero attached hydrogens (tertiary/aromatic N) is 3. The van der Waals surface area contributed by atoms with Crippen LogP contribution in [0.2, 0.25) is 10.0 Å². The van der Waals surface area contributed by atoms with Gasteiger partial charge < -0.3 is 5.73 Å². The summed E-state index contributed by atoms with van der Waals surface area (Å²) < 4.78 is 1.87. The Bertz CT molecular complexity index is 594. The Kier molecular flexibility index (Phi) is 2.92.